The van der Waals surface area contributed by atoms with Crippen LogP contribution in [0.4, 0.5) is 0 Å². The molecule has 0 aromatic carbocycles. The minimum absolute atomic E-state index is 0.287. The van der Waals surface area contributed by atoms with Crippen LogP contribution in [0.15, 0.2) is 0 Å². The van der Waals surface area contributed by atoms with Crippen LogP contribution in [0.25, 0.3) is 0 Å². The summed E-state index contributed by atoms with van der Waals surface area (Å²) in [5.41, 5.74) is 5.59. The van der Waals surface area contributed by atoms with Gasteiger partial charge in [-0.25, -0.2) is 0 Å². The predicted molar refractivity (Wildman–Crippen MR) is 64.8 cm³/mol. The first-order valence-corrected chi connectivity index (χ1v) is 6.64. The minimum Gasteiger partial charge on any atom is -0.339 e. The highest BCUT2D eigenvalue weighted by atomic mass is 16.2. The SMILES string of the molecule is CC(C)N(CCN)C(=O)C1CC2CCC1C2. The average molecular weight is 224 g/mol. The molecule has 2 fully saturated rings. The Balaban J connectivity index is 2.00. The molecule has 0 spiro atoms. The lowest BCUT2D eigenvalue weighted by Gasteiger charge is -2.32. The number of hydrogen-bond donors (Lipinski definition) is 1. The van der Waals surface area contributed by atoms with E-state index >= 15 is 0 Å². The van der Waals surface area contributed by atoms with Crippen LogP contribution in [0.5, 0.6) is 0 Å². The van der Waals surface area contributed by atoms with E-state index in [1.54, 1.807) is 0 Å². The first-order chi connectivity index (χ1) is 7.63. The number of rotatable bonds is 4. The summed E-state index contributed by atoms with van der Waals surface area (Å²) < 4.78 is 0. The van der Waals surface area contributed by atoms with Gasteiger partial charge in [-0.2, -0.15) is 0 Å². The van der Waals surface area contributed by atoms with Crippen LogP contribution in [0.3, 0.4) is 0 Å². The van der Waals surface area contributed by atoms with Gasteiger partial charge < -0.3 is 10.6 Å². The summed E-state index contributed by atoms with van der Waals surface area (Å²) in [4.78, 5) is 14.4. The molecule has 3 nitrogen and oxygen atoms in total. The Hall–Kier alpha value is -0.570. The van der Waals surface area contributed by atoms with Crippen molar-refractivity contribution in [2.24, 2.45) is 23.5 Å². The van der Waals surface area contributed by atoms with Crippen molar-refractivity contribution >= 4 is 5.91 Å². The van der Waals surface area contributed by atoms with Gasteiger partial charge in [0.2, 0.25) is 5.91 Å². The van der Waals surface area contributed by atoms with Gasteiger partial charge >= 0.3 is 0 Å². The molecule has 3 atom stereocenters. The molecule has 2 saturated carbocycles. The van der Waals surface area contributed by atoms with Crippen molar-refractivity contribution in [1.29, 1.82) is 0 Å². The number of hydrogen-bond acceptors (Lipinski definition) is 2. The molecule has 0 aromatic rings. The lowest BCUT2D eigenvalue weighted by Crippen LogP contribution is -2.44. The second kappa shape index (κ2) is 4.74. The van der Waals surface area contributed by atoms with Crippen LogP contribution in [-0.4, -0.2) is 29.9 Å². The van der Waals surface area contributed by atoms with Crippen molar-refractivity contribution in [2.45, 2.75) is 45.6 Å². The van der Waals surface area contributed by atoms with Crippen LogP contribution in [0.2, 0.25) is 0 Å². The standard InChI is InChI=1S/C13H24N2O/c1-9(2)15(6-5-14)13(16)12-8-10-3-4-11(12)7-10/h9-12H,3-8,14H2,1-2H3. The minimum atomic E-state index is 0.287. The van der Waals surface area contributed by atoms with E-state index in [1.165, 1.54) is 19.3 Å². The molecule has 3 unspecified atom stereocenters. The fourth-order valence-electron chi connectivity index (χ4n) is 3.52. The highest BCUT2D eigenvalue weighted by molar-refractivity contribution is 5.80. The Kier molecular flexibility index (Phi) is 3.53. The quantitative estimate of drug-likeness (QED) is 0.788. The Morgan fingerprint density at radius 3 is 2.56 bits per heavy atom. The maximum atomic E-state index is 12.4. The molecule has 0 aromatic heterocycles. The van der Waals surface area contributed by atoms with Gasteiger partial charge in [-0.1, -0.05) is 6.42 Å². The van der Waals surface area contributed by atoms with E-state index in [9.17, 15) is 4.79 Å². The Morgan fingerprint density at radius 1 is 1.38 bits per heavy atom. The molecule has 1 amide bonds. The Bertz CT molecular complexity index is 261. The summed E-state index contributed by atoms with van der Waals surface area (Å²) in [5.74, 6) is 2.20. The molecule has 2 bridgehead atoms. The average Bonchev–Trinajstić information content (AvgIpc) is 2.86. The third-order valence-electron chi connectivity index (χ3n) is 4.33. The lowest BCUT2D eigenvalue weighted by atomic mass is 9.87. The largest absolute Gasteiger partial charge is 0.339 e. The van der Waals surface area contributed by atoms with Crippen molar-refractivity contribution in [2.75, 3.05) is 13.1 Å². The van der Waals surface area contributed by atoms with Gasteiger partial charge in [-0.05, 0) is 44.9 Å². The zero-order valence-electron chi connectivity index (χ0n) is 10.5. The van der Waals surface area contributed by atoms with Gasteiger partial charge in [0.1, 0.15) is 0 Å². The molecule has 2 aliphatic rings. The number of nitrogens with two attached hydrogens (primary N) is 1. The molecular formula is C13H24N2O. The van der Waals surface area contributed by atoms with Crippen LogP contribution in [0, 0.1) is 17.8 Å². The maximum absolute atomic E-state index is 12.4. The van der Waals surface area contributed by atoms with Crippen LogP contribution in [-0.2, 0) is 4.79 Å². The summed E-state index contributed by atoms with van der Waals surface area (Å²) in [6.45, 7) is 5.46. The highest BCUT2D eigenvalue weighted by Crippen LogP contribution is 2.48. The fourth-order valence-corrected chi connectivity index (χ4v) is 3.52. The monoisotopic (exact) mass is 224 g/mol. The van der Waals surface area contributed by atoms with Gasteiger partial charge in [-0.15, -0.1) is 0 Å². The van der Waals surface area contributed by atoms with E-state index in [-0.39, 0.29) is 6.04 Å². The van der Waals surface area contributed by atoms with Gasteiger partial charge in [0, 0.05) is 25.0 Å². The third-order valence-corrected chi connectivity index (χ3v) is 4.33. The molecule has 2 aliphatic carbocycles. The number of carbonyl (C=O) groups is 1. The number of carbonyl (C=O) groups excluding carboxylic acids is 1. The fraction of sp³-hybridized carbons (Fsp3) is 0.923. The summed E-state index contributed by atoms with van der Waals surface area (Å²) in [5, 5.41) is 0. The van der Waals surface area contributed by atoms with Crippen molar-refractivity contribution < 1.29 is 4.79 Å². The second-order valence-electron chi connectivity index (χ2n) is 5.70. The number of fused-ring (bicyclic) bond motifs is 2. The lowest BCUT2D eigenvalue weighted by molar-refractivity contribution is -0.138. The molecule has 3 heteroatoms. The Morgan fingerprint density at radius 2 is 2.12 bits per heavy atom. The third kappa shape index (κ3) is 2.10. The summed E-state index contributed by atoms with van der Waals surface area (Å²) in [6.07, 6.45) is 5.06. The summed E-state index contributed by atoms with van der Waals surface area (Å²) in [6, 6.07) is 0.287. The van der Waals surface area contributed by atoms with Gasteiger partial charge in [0.05, 0.1) is 0 Å². The molecule has 92 valence electrons. The first-order valence-electron chi connectivity index (χ1n) is 6.64. The van der Waals surface area contributed by atoms with E-state index in [1.807, 2.05) is 4.90 Å². The van der Waals surface area contributed by atoms with Gasteiger partial charge in [-0.3, -0.25) is 4.79 Å². The van der Waals surface area contributed by atoms with Crippen molar-refractivity contribution in [3.63, 3.8) is 0 Å². The molecule has 2 rings (SSSR count). The van der Waals surface area contributed by atoms with Crippen LogP contribution >= 0.6 is 0 Å². The first kappa shape index (κ1) is 11.9. The molecule has 2 N–H and O–H groups in total. The van der Waals surface area contributed by atoms with E-state index in [2.05, 4.69) is 13.8 Å². The topological polar surface area (TPSA) is 46.3 Å². The van der Waals surface area contributed by atoms with Crippen LogP contribution in [0.1, 0.15) is 39.5 Å². The second-order valence-corrected chi connectivity index (χ2v) is 5.70. The van der Waals surface area contributed by atoms with E-state index in [0.29, 0.717) is 30.8 Å². The normalized spacial score (nSPS) is 32.4. The zero-order chi connectivity index (χ0) is 11.7. The van der Waals surface area contributed by atoms with Crippen molar-refractivity contribution in [3.05, 3.63) is 0 Å². The van der Waals surface area contributed by atoms with Gasteiger partial charge in [0.25, 0.3) is 0 Å². The zero-order valence-corrected chi connectivity index (χ0v) is 10.5. The van der Waals surface area contributed by atoms with Crippen molar-refractivity contribution in [3.8, 4) is 0 Å². The molecule has 16 heavy (non-hydrogen) atoms. The van der Waals surface area contributed by atoms with E-state index < -0.39 is 0 Å². The summed E-state index contributed by atoms with van der Waals surface area (Å²) in [7, 11) is 0. The molecular weight excluding hydrogens is 200 g/mol. The molecule has 0 aliphatic heterocycles. The van der Waals surface area contributed by atoms with E-state index in [0.717, 1.165) is 12.3 Å². The molecule has 0 heterocycles. The number of amides is 1. The Labute approximate surface area is 98.4 Å². The van der Waals surface area contributed by atoms with E-state index in [4.69, 9.17) is 5.73 Å². The van der Waals surface area contributed by atoms with Gasteiger partial charge in [0.15, 0.2) is 0 Å². The highest BCUT2D eigenvalue weighted by Gasteiger charge is 2.44. The van der Waals surface area contributed by atoms with Crippen LogP contribution < -0.4 is 5.73 Å². The smallest absolute Gasteiger partial charge is 0.226 e. The predicted octanol–water partition coefficient (Wildman–Crippen LogP) is 1.62. The summed E-state index contributed by atoms with van der Waals surface area (Å²) >= 11 is 0. The molecule has 0 saturated heterocycles. The number of nitrogens with zero attached hydrogens (tertiary/aromatic N) is 1. The molecule has 0 radical (unpaired) electrons. The maximum Gasteiger partial charge on any atom is 0.226 e. The van der Waals surface area contributed by atoms with Crippen molar-refractivity contribution in [1.82, 2.24) is 4.90 Å².